The molecular formula is C15H26N6O2. The normalized spacial score (nSPS) is 16.3. The molecule has 1 aliphatic rings. The van der Waals surface area contributed by atoms with Crippen LogP contribution in [0.2, 0.25) is 0 Å². The summed E-state index contributed by atoms with van der Waals surface area (Å²) >= 11 is 0. The molecule has 1 aromatic heterocycles. The molecule has 1 fully saturated rings. The van der Waals surface area contributed by atoms with Crippen LogP contribution in [0.3, 0.4) is 0 Å². The first-order valence-corrected chi connectivity index (χ1v) is 7.99. The molecule has 1 saturated heterocycles. The maximum absolute atomic E-state index is 11.7. The summed E-state index contributed by atoms with van der Waals surface area (Å²) in [5.41, 5.74) is 1.09. The highest BCUT2D eigenvalue weighted by atomic mass is 16.6. The van der Waals surface area contributed by atoms with Crippen molar-refractivity contribution in [2.24, 2.45) is 12.0 Å². The number of rotatable bonds is 4. The van der Waals surface area contributed by atoms with Gasteiger partial charge in [0.15, 0.2) is 5.96 Å². The molecule has 0 aliphatic carbocycles. The number of nitrogens with zero attached hydrogens (tertiary/aromatic N) is 4. The number of piperidine rings is 1. The molecule has 0 aromatic carbocycles. The molecule has 1 amide bonds. The molecule has 0 unspecified atom stereocenters. The third kappa shape index (κ3) is 4.87. The van der Waals surface area contributed by atoms with Crippen LogP contribution >= 0.6 is 0 Å². The van der Waals surface area contributed by atoms with Gasteiger partial charge in [0.25, 0.3) is 0 Å². The number of hydrogen-bond acceptors (Lipinski definition) is 4. The Morgan fingerprint density at radius 1 is 1.48 bits per heavy atom. The van der Waals surface area contributed by atoms with E-state index < -0.39 is 0 Å². The van der Waals surface area contributed by atoms with Crippen LogP contribution in [0, 0.1) is 0 Å². The Bertz CT molecular complexity index is 534. The maximum Gasteiger partial charge on any atom is 0.409 e. The average Bonchev–Trinajstić information content (AvgIpc) is 2.97. The highest BCUT2D eigenvalue weighted by molar-refractivity contribution is 5.80. The lowest BCUT2D eigenvalue weighted by Crippen LogP contribution is -2.49. The van der Waals surface area contributed by atoms with Gasteiger partial charge in [-0.1, -0.05) is 0 Å². The third-order valence-electron chi connectivity index (χ3n) is 3.94. The van der Waals surface area contributed by atoms with E-state index in [4.69, 9.17) is 4.74 Å². The summed E-state index contributed by atoms with van der Waals surface area (Å²) in [6, 6.07) is 2.27. The molecule has 0 spiro atoms. The first kappa shape index (κ1) is 17.1. The Hall–Kier alpha value is -2.25. The number of aliphatic imine (C=N–C) groups is 1. The molecule has 1 aromatic rings. The largest absolute Gasteiger partial charge is 0.450 e. The lowest BCUT2D eigenvalue weighted by Gasteiger charge is -2.32. The average molecular weight is 322 g/mol. The van der Waals surface area contributed by atoms with Crippen molar-refractivity contribution in [3.63, 3.8) is 0 Å². The molecule has 2 rings (SSSR count). The van der Waals surface area contributed by atoms with Crippen LogP contribution in [0.15, 0.2) is 17.3 Å². The molecule has 0 atom stereocenters. The molecule has 1 aliphatic heterocycles. The molecule has 8 nitrogen and oxygen atoms in total. The van der Waals surface area contributed by atoms with Crippen molar-refractivity contribution in [3.8, 4) is 0 Å². The standard InChI is InChI=1S/C15H26N6O2/c1-4-23-15(22)21-9-6-12(7-10-21)19-14(16-2)17-11-13-5-8-18-20(13)3/h5,8,12H,4,6-7,9-11H2,1-3H3,(H2,16,17,19). The predicted octanol–water partition coefficient (Wildman–Crippen LogP) is 0.706. The Labute approximate surface area is 136 Å². The van der Waals surface area contributed by atoms with E-state index in [2.05, 4.69) is 20.7 Å². The van der Waals surface area contributed by atoms with Gasteiger partial charge in [-0.2, -0.15) is 5.10 Å². The highest BCUT2D eigenvalue weighted by Gasteiger charge is 2.24. The molecule has 0 radical (unpaired) electrons. The number of guanidine groups is 1. The number of aromatic nitrogens is 2. The van der Waals surface area contributed by atoms with Crippen LogP contribution in [0.1, 0.15) is 25.5 Å². The summed E-state index contributed by atoms with van der Waals surface area (Å²) in [6.07, 6.45) is 3.32. The van der Waals surface area contributed by atoms with Crippen LogP contribution in [-0.2, 0) is 18.3 Å². The van der Waals surface area contributed by atoms with Gasteiger partial charge in [-0.3, -0.25) is 9.67 Å². The smallest absolute Gasteiger partial charge is 0.409 e. The van der Waals surface area contributed by atoms with Crippen LogP contribution in [0.5, 0.6) is 0 Å². The third-order valence-corrected chi connectivity index (χ3v) is 3.94. The van der Waals surface area contributed by atoms with E-state index >= 15 is 0 Å². The molecule has 2 N–H and O–H groups in total. The van der Waals surface area contributed by atoms with Gasteiger partial charge in [0, 0.05) is 39.4 Å². The van der Waals surface area contributed by atoms with Gasteiger partial charge in [0.05, 0.1) is 18.8 Å². The van der Waals surface area contributed by atoms with E-state index in [1.54, 1.807) is 18.1 Å². The number of carbonyl (C=O) groups excluding carboxylic acids is 1. The minimum atomic E-state index is -0.218. The number of nitrogens with one attached hydrogen (secondary N) is 2. The molecule has 8 heteroatoms. The summed E-state index contributed by atoms with van der Waals surface area (Å²) in [4.78, 5) is 17.7. The fraction of sp³-hybridized carbons (Fsp3) is 0.667. The summed E-state index contributed by atoms with van der Waals surface area (Å²) in [6.45, 7) is 4.31. The summed E-state index contributed by atoms with van der Waals surface area (Å²) < 4.78 is 6.86. The van der Waals surface area contributed by atoms with Gasteiger partial charge in [0.2, 0.25) is 0 Å². The lowest BCUT2D eigenvalue weighted by atomic mass is 10.1. The number of ether oxygens (including phenoxy) is 1. The Balaban J connectivity index is 1.75. The van der Waals surface area contributed by atoms with Gasteiger partial charge in [-0.05, 0) is 25.8 Å². The van der Waals surface area contributed by atoms with Crippen LogP contribution < -0.4 is 10.6 Å². The van der Waals surface area contributed by atoms with Crippen molar-refractivity contribution in [1.82, 2.24) is 25.3 Å². The molecule has 0 bridgehead atoms. The van der Waals surface area contributed by atoms with E-state index in [-0.39, 0.29) is 6.09 Å². The topological polar surface area (TPSA) is 83.8 Å². The Kier molecular flexibility index (Phi) is 6.25. The monoisotopic (exact) mass is 322 g/mol. The van der Waals surface area contributed by atoms with Crippen molar-refractivity contribution >= 4 is 12.1 Å². The van der Waals surface area contributed by atoms with Crippen molar-refractivity contribution in [2.45, 2.75) is 32.4 Å². The van der Waals surface area contributed by atoms with Gasteiger partial charge >= 0.3 is 6.09 Å². The van der Waals surface area contributed by atoms with E-state index in [1.807, 2.05) is 24.7 Å². The first-order chi connectivity index (χ1) is 11.1. The Morgan fingerprint density at radius 2 is 2.22 bits per heavy atom. The molecular weight excluding hydrogens is 296 g/mol. The SMILES string of the molecule is CCOC(=O)N1CCC(NC(=NC)NCc2ccnn2C)CC1. The number of likely N-dealkylation sites (tertiary alicyclic amines) is 1. The molecule has 128 valence electrons. The highest BCUT2D eigenvalue weighted by Crippen LogP contribution is 2.11. The second-order valence-electron chi connectivity index (χ2n) is 5.48. The van der Waals surface area contributed by atoms with Gasteiger partial charge < -0.3 is 20.3 Å². The van der Waals surface area contributed by atoms with Crippen molar-refractivity contribution in [1.29, 1.82) is 0 Å². The van der Waals surface area contributed by atoms with Gasteiger partial charge in [0.1, 0.15) is 0 Å². The van der Waals surface area contributed by atoms with Crippen molar-refractivity contribution in [2.75, 3.05) is 26.7 Å². The van der Waals surface area contributed by atoms with E-state index in [1.165, 1.54) is 0 Å². The number of carbonyl (C=O) groups is 1. The van der Waals surface area contributed by atoms with Crippen LogP contribution in [-0.4, -0.2) is 59.5 Å². The molecule has 0 saturated carbocycles. The second-order valence-corrected chi connectivity index (χ2v) is 5.48. The minimum Gasteiger partial charge on any atom is -0.450 e. The van der Waals surface area contributed by atoms with Crippen molar-refractivity contribution in [3.05, 3.63) is 18.0 Å². The minimum absolute atomic E-state index is 0.218. The zero-order chi connectivity index (χ0) is 16.7. The predicted molar refractivity (Wildman–Crippen MR) is 88.2 cm³/mol. The fourth-order valence-corrected chi connectivity index (χ4v) is 2.56. The Morgan fingerprint density at radius 3 is 2.78 bits per heavy atom. The summed E-state index contributed by atoms with van der Waals surface area (Å²) in [5.74, 6) is 0.765. The zero-order valence-electron chi connectivity index (χ0n) is 14.1. The molecule has 23 heavy (non-hydrogen) atoms. The van der Waals surface area contributed by atoms with Crippen LogP contribution in [0.4, 0.5) is 4.79 Å². The summed E-state index contributed by atoms with van der Waals surface area (Å²) in [7, 11) is 3.67. The van der Waals surface area contributed by atoms with Crippen LogP contribution in [0.25, 0.3) is 0 Å². The van der Waals surface area contributed by atoms with E-state index in [9.17, 15) is 4.79 Å². The number of aryl methyl sites for hydroxylation is 1. The first-order valence-electron chi connectivity index (χ1n) is 7.99. The van der Waals surface area contributed by atoms with E-state index in [0.29, 0.717) is 32.3 Å². The maximum atomic E-state index is 11.7. The quantitative estimate of drug-likeness (QED) is 0.630. The van der Waals surface area contributed by atoms with Crippen molar-refractivity contribution < 1.29 is 9.53 Å². The molecule has 2 heterocycles. The van der Waals surface area contributed by atoms with Gasteiger partial charge in [-0.25, -0.2) is 4.79 Å². The van der Waals surface area contributed by atoms with E-state index in [0.717, 1.165) is 24.5 Å². The summed E-state index contributed by atoms with van der Waals surface area (Å²) in [5, 5.41) is 10.8. The van der Waals surface area contributed by atoms with Gasteiger partial charge in [-0.15, -0.1) is 0 Å². The zero-order valence-corrected chi connectivity index (χ0v) is 14.1. The lowest BCUT2D eigenvalue weighted by molar-refractivity contribution is 0.0963. The number of amides is 1. The number of hydrogen-bond donors (Lipinski definition) is 2. The fourth-order valence-electron chi connectivity index (χ4n) is 2.56. The second kappa shape index (κ2) is 8.40.